The summed E-state index contributed by atoms with van der Waals surface area (Å²) in [6, 6.07) is 5.89. The number of sulfone groups is 1. The third-order valence-corrected chi connectivity index (χ3v) is 4.56. The number of methoxy groups -OCH3 is 1. The van der Waals surface area contributed by atoms with Crippen LogP contribution in [0.3, 0.4) is 0 Å². The van der Waals surface area contributed by atoms with Crippen molar-refractivity contribution >= 4 is 15.8 Å². The maximum Gasteiger partial charge on any atom is 0.338 e. The molecule has 0 radical (unpaired) electrons. The number of esters is 1. The second-order valence-corrected chi connectivity index (χ2v) is 6.96. The van der Waals surface area contributed by atoms with Crippen molar-refractivity contribution in [1.82, 2.24) is 0 Å². The summed E-state index contributed by atoms with van der Waals surface area (Å²) in [6.45, 7) is 0. The highest BCUT2D eigenvalue weighted by atomic mass is 32.2. The standard InChI is InChI=1S/C14H18O5S/c1-18-12-7-4-8-13(12)19-14(15)10-5-3-6-11(9-10)20(2,16)17/h3,5-6,9,12-13H,4,7-8H2,1-2H3/t12-,13+/m1/s1. The summed E-state index contributed by atoms with van der Waals surface area (Å²) >= 11 is 0. The first kappa shape index (κ1) is 15.0. The summed E-state index contributed by atoms with van der Waals surface area (Å²) in [4.78, 5) is 12.2. The summed E-state index contributed by atoms with van der Waals surface area (Å²) < 4.78 is 33.6. The second-order valence-electron chi connectivity index (χ2n) is 4.95. The number of carbonyl (C=O) groups excluding carboxylic acids is 1. The van der Waals surface area contributed by atoms with Crippen LogP contribution in [0.15, 0.2) is 29.2 Å². The van der Waals surface area contributed by atoms with Crippen molar-refractivity contribution in [2.75, 3.05) is 13.4 Å². The average molecular weight is 298 g/mol. The van der Waals surface area contributed by atoms with Gasteiger partial charge in [0.05, 0.1) is 16.6 Å². The average Bonchev–Trinajstić information content (AvgIpc) is 2.85. The van der Waals surface area contributed by atoms with Gasteiger partial charge in [-0.1, -0.05) is 6.07 Å². The molecule has 6 heteroatoms. The highest BCUT2D eigenvalue weighted by Gasteiger charge is 2.30. The smallest absolute Gasteiger partial charge is 0.338 e. The molecule has 0 amide bonds. The molecule has 0 aliphatic heterocycles. The highest BCUT2D eigenvalue weighted by molar-refractivity contribution is 7.90. The topological polar surface area (TPSA) is 69.7 Å². The van der Waals surface area contributed by atoms with E-state index in [0.29, 0.717) is 0 Å². The quantitative estimate of drug-likeness (QED) is 0.793. The molecule has 110 valence electrons. The van der Waals surface area contributed by atoms with Gasteiger partial charge in [0.2, 0.25) is 0 Å². The third-order valence-electron chi connectivity index (χ3n) is 3.45. The lowest BCUT2D eigenvalue weighted by molar-refractivity contribution is -0.0206. The van der Waals surface area contributed by atoms with Gasteiger partial charge in [0.25, 0.3) is 0 Å². The molecule has 0 unspecified atom stereocenters. The molecule has 0 N–H and O–H groups in total. The van der Waals surface area contributed by atoms with E-state index in [1.165, 1.54) is 18.2 Å². The minimum absolute atomic E-state index is 0.0722. The van der Waals surface area contributed by atoms with E-state index in [9.17, 15) is 13.2 Å². The van der Waals surface area contributed by atoms with E-state index >= 15 is 0 Å². The van der Waals surface area contributed by atoms with Crippen molar-refractivity contribution < 1.29 is 22.7 Å². The molecule has 2 atom stereocenters. The number of carbonyl (C=O) groups is 1. The molecule has 5 nitrogen and oxygen atoms in total. The fourth-order valence-electron chi connectivity index (χ4n) is 2.36. The molecule has 1 aliphatic carbocycles. The lowest BCUT2D eigenvalue weighted by Crippen LogP contribution is -2.27. The van der Waals surface area contributed by atoms with Crippen molar-refractivity contribution in [3.8, 4) is 0 Å². The van der Waals surface area contributed by atoms with Crippen molar-refractivity contribution in [2.45, 2.75) is 36.4 Å². The van der Waals surface area contributed by atoms with Crippen LogP contribution < -0.4 is 0 Å². The molecule has 20 heavy (non-hydrogen) atoms. The summed E-state index contributed by atoms with van der Waals surface area (Å²) in [7, 11) is -1.74. The normalized spacial score (nSPS) is 22.7. The first-order valence-corrected chi connectivity index (χ1v) is 8.35. The van der Waals surface area contributed by atoms with Gasteiger partial charge in [-0.2, -0.15) is 0 Å². The molecule has 2 rings (SSSR count). The van der Waals surface area contributed by atoms with Crippen LogP contribution in [-0.4, -0.2) is 40.0 Å². The summed E-state index contributed by atoms with van der Waals surface area (Å²) in [5.41, 5.74) is 0.245. The van der Waals surface area contributed by atoms with Gasteiger partial charge in [-0.15, -0.1) is 0 Å². The molecule has 0 bridgehead atoms. The van der Waals surface area contributed by atoms with Crippen molar-refractivity contribution in [1.29, 1.82) is 0 Å². The van der Waals surface area contributed by atoms with Crippen molar-refractivity contribution in [3.05, 3.63) is 29.8 Å². The fraction of sp³-hybridized carbons (Fsp3) is 0.500. The first-order valence-electron chi connectivity index (χ1n) is 6.45. The zero-order valence-corrected chi connectivity index (χ0v) is 12.4. The first-order chi connectivity index (χ1) is 9.41. The zero-order chi connectivity index (χ0) is 14.8. The van der Waals surface area contributed by atoms with Crippen LogP contribution in [0.2, 0.25) is 0 Å². The highest BCUT2D eigenvalue weighted by Crippen LogP contribution is 2.25. The van der Waals surface area contributed by atoms with Gasteiger partial charge in [-0.25, -0.2) is 13.2 Å². The largest absolute Gasteiger partial charge is 0.456 e. The maximum atomic E-state index is 12.1. The Morgan fingerprint density at radius 2 is 1.95 bits per heavy atom. The second kappa shape index (κ2) is 5.93. The van der Waals surface area contributed by atoms with Crippen LogP contribution in [0, 0.1) is 0 Å². The minimum atomic E-state index is -3.33. The molecule has 1 aromatic carbocycles. The molecule has 1 saturated carbocycles. The molecule has 1 aliphatic rings. The SMILES string of the molecule is CO[C@@H]1CCC[C@@H]1OC(=O)c1cccc(S(C)(=O)=O)c1. The number of hydrogen-bond donors (Lipinski definition) is 0. The predicted octanol–water partition coefficient (Wildman–Crippen LogP) is 1.81. The summed E-state index contributed by atoms with van der Waals surface area (Å²) in [6.07, 6.45) is 3.38. The van der Waals surface area contributed by atoms with Crippen LogP contribution in [0.1, 0.15) is 29.6 Å². The van der Waals surface area contributed by atoms with E-state index in [0.717, 1.165) is 25.5 Å². The van der Waals surface area contributed by atoms with Gasteiger partial charge < -0.3 is 9.47 Å². The Hall–Kier alpha value is -1.40. The van der Waals surface area contributed by atoms with E-state index in [2.05, 4.69) is 0 Å². The molecule has 0 aromatic heterocycles. The van der Waals surface area contributed by atoms with E-state index in [4.69, 9.17) is 9.47 Å². The van der Waals surface area contributed by atoms with Gasteiger partial charge >= 0.3 is 5.97 Å². The number of hydrogen-bond acceptors (Lipinski definition) is 5. The molecular formula is C14H18O5S. The minimum Gasteiger partial charge on any atom is -0.456 e. The van der Waals surface area contributed by atoms with Gasteiger partial charge in [-0.05, 0) is 37.5 Å². The Labute approximate surface area is 118 Å². The van der Waals surface area contributed by atoms with Crippen molar-refractivity contribution in [3.63, 3.8) is 0 Å². The molecule has 0 spiro atoms. The number of benzene rings is 1. The van der Waals surface area contributed by atoms with E-state index in [1.54, 1.807) is 13.2 Å². The number of ether oxygens (including phenoxy) is 2. The molecular weight excluding hydrogens is 280 g/mol. The molecule has 0 saturated heterocycles. The van der Waals surface area contributed by atoms with Crippen LogP contribution in [0.5, 0.6) is 0 Å². The predicted molar refractivity (Wildman–Crippen MR) is 73.4 cm³/mol. The van der Waals surface area contributed by atoms with Crippen molar-refractivity contribution in [2.24, 2.45) is 0 Å². The Balaban J connectivity index is 2.14. The Kier molecular flexibility index (Phi) is 4.45. The Bertz CT molecular complexity index is 593. The fourth-order valence-corrected chi connectivity index (χ4v) is 3.02. The Morgan fingerprint density at radius 3 is 2.60 bits per heavy atom. The van der Waals surface area contributed by atoms with Gasteiger partial charge in [0, 0.05) is 13.4 Å². The monoisotopic (exact) mass is 298 g/mol. The van der Waals surface area contributed by atoms with Crippen LogP contribution in [-0.2, 0) is 19.3 Å². The lowest BCUT2D eigenvalue weighted by atomic mass is 10.2. The van der Waals surface area contributed by atoms with E-state index in [-0.39, 0.29) is 22.7 Å². The summed E-state index contributed by atoms with van der Waals surface area (Å²) in [5, 5.41) is 0. The van der Waals surface area contributed by atoms with E-state index < -0.39 is 15.8 Å². The van der Waals surface area contributed by atoms with Crippen LogP contribution >= 0.6 is 0 Å². The van der Waals surface area contributed by atoms with Gasteiger partial charge in [0.15, 0.2) is 9.84 Å². The van der Waals surface area contributed by atoms with Gasteiger partial charge in [0.1, 0.15) is 6.10 Å². The maximum absolute atomic E-state index is 12.1. The third kappa shape index (κ3) is 3.37. The molecule has 0 heterocycles. The zero-order valence-electron chi connectivity index (χ0n) is 11.5. The summed E-state index contributed by atoms with van der Waals surface area (Å²) in [5.74, 6) is -0.510. The van der Waals surface area contributed by atoms with Gasteiger partial charge in [-0.3, -0.25) is 0 Å². The van der Waals surface area contributed by atoms with Crippen LogP contribution in [0.25, 0.3) is 0 Å². The molecule has 1 fully saturated rings. The van der Waals surface area contributed by atoms with Crippen LogP contribution in [0.4, 0.5) is 0 Å². The lowest BCUT2D eigenvalue weighted by Gasteiger charge is -2.18. The Morgan fingerprint density at radius 1 is 1.25 bits per heavy atom. The van der Waals surface area contributed by atoms with E-state index in [1.807, 2.05) is 0 Å². The number of rotatable bonds is 4. The molecule has 1 aromatic rings.